The normalized spacial score (nSPS) is 17.1. The number of benzene rings is 2. The smallest absolute Gasteiger partial charge is 0.129 e. The van der Waals surface area contributed by atoms with Crippen LogP contribution in [-0.4, -0.2) is 12.6 Å². The Morgan fingerprint density at radius 1 is 1.14 bits per heavy atom. The van der Waals surface area contributed by atoms with Crippen molar-refractivity contribution < 1.29 is 4.39 Å². The highest BCUT2D eigenvalue weighted by Gasteiger charge is 2.28. The fourth-order valence-electron chi connectivity index (χ4n) is 3.13. The van der Waals surface area contributed by atoms with Crippen LogP contribution in [0.3, 0.4) is 0 Å². The van der Waals surface area contributed by atoms with Crippen LogP contribution in [0, 0.1) is 5.82 Å². The zero-order chi connectivity index (χ0) is 14.8. The first kappa shape index (κ1) is 14.1. The molecule has 0 saturated heterocycles. The van der Waals surface area contributed by atoms with E-state index in [0.29, 0.717) is 12.6 Å². The van der Waals surface area contributed by atoms with Crippen LogP contribution in [0.15, 0.2) is 42.5 Å². The number of rotatable bonds is 4. The molecule has 2 aromatic carbocycles. The van der Waals surface area contributed by atoms with Gasteiger partial charge in [0.15, 0.2) is 0 Å². The number of anilines is 2. The van der Waals surface area contributed by atoms with Crippen LogP contribution < -0.4 is 10.2 Å². The van der Waals surface area contributed by atoms with Gasteiger partial charge in [-0.05, 0) is 43.7 Å². The minimum absolute atomic E-state index is 0.134. The molecule has 0 saturated carbocycles. The first-order valence-electron chi connectivity index (χ1n) is 7.57. The lowest BCUT2D eigenvalue weighted by atomic mass is 10.1. The lowest BCUT2D eigenvalue weighted by molar-refractivity contribution is 0.591. The summed E-state index contributed by atoms with van der Waals surface area (Å²) in [5.74, 6) is -0.134. The van der Waals surface area contributed by atoms with Crippen molar-refractivity contribution in [2.24, 2.45) is 0 Å². The minimum Gasteiger partial charge on any atom is -0.338 e. The standard InChI is InChI=1S/C18H21FN2/c1-3-20-12-15-16(19)8-6-10-18(15)21-13(2)11-14-7-4-5-9-17(14)21/h4-10,13,20H,3,11-12H2,1-2H3. The molecule has 3 heteroatoms. The van der Waals surface area contributed by atoms with Crippen molar-refractivity contribution in [1.82, 2.24) is 5.32 Å². The summed E-state index contributed by atoms with van der Waals surface area (Å²) in [5.41, 5.74) is 4.27. The molecular formula is C18H21FN2. The Morgan fingerprint density at radius 3 is 2.71 bits per heavy atom. The molecule has 0 fully saturated rings. The molecule has 0 aromatic heterocycles. The molecule has 0 amide bonds. The van der Waals surface area contributed by atoms with Crippen molar-refractivity contribution in [3.8, 4) is 0 Å². The highest BCUT2D eigenvalue weighted by atomic mass is 19.1. The fraction of sp³-hybridized carbons (Fsp3) is 0.333. The predicted molar refractivity (Wildman–Crippen MR) is 85.5 cm³/mol. The maximum absolute atomic E-state index is 14.3. The Hall–Kier alpha value is -1.87. The number of hydrogen-bond donors (Lipinski definition) is 1. The van der Waals surface area contributed by atoms with Gasteiger partial charge in [0.05, 0.1) is 0 Å². The summed E-state index contributed by atoms with van der Waals surface area (Å²) >= 11 is 0. The average Bonchev–Trinajstić information content (AvgIpc) is 2.81. The van der Waals surface area contributed by atoms with Gasteiger partial charge in [0, 0.05) is 29.5 Å². The number of hydrogen-bond acceptors (Lipinski definition) is 2. The quantitative estimate of drug-likeness (QED) is 0.912. The second-order valence-electron chi connectivity index (χ2n) is 5.57. The molecule has 2 aromatic rings. The highest BCUT2D eigenvalue weighted by Crippen LogP contribution is 2.40. The molecule has 1 N–H and O–H groups in total. The molecule has 21 heavy (non-hydrogen) atoms. The van der Waals surface area contributed by atoms with Gasteiger partial charge in [0.1, 0.15) is 5.82 Å². The molecule has 1 aliphatic rings. The Balaban J connectivity index is 2.06. The van der Waals surface area contributed by atoms with E-state index in [1.165, 1.54) is 11.3 Å². The molecule has 1 heterocycles. The van der Waals surface area contributed by atoms with Crippen LogP contribution in [-0.2, 0) is 13.0 Å². The lowest BCUT2D eigenvalue weighted by Gasteiger charge is -2.28. The summed E-state index contributed by atoms with van der Waals surface area (Å²) in [6.45, 7) is 5.63. The second-order valence-corrected chi connectivity index (χ2v) is 5.57. The van der Waals surface area contributed by atoms with Gasteiger partial charge in [-0.15, -0.1) is 0 Å². The van der Waals surface area contributed by atoms with Crippen LogP contribution >= 0.6 is 0 Å². The highest BCUT2D eigenvalue weighted by molar-refractivity contribution is 5.73. The van der Waals surface area contributed by atoms with E-state index in [-0.39, 0.29) is 5.82 Å². The molecule has 2 nitrogen and oxygen atoms in total. The third-order valence-electron chi connectivity index (χ3n) is 4.11. The average molecular weight is 284 g/mol. The van der Waals surface area contributed by atoms with Gasteiger partial charge >= 0.3 is 0 Å². The van der Waals surface area contributed by atoms with Crippen molar-refractivity contribution in [2.75, 3.05) is 11.4 Å². The van der Waals surface area contributed by atoms with E-state index in [4.69, 9.17) is 0 Å². The van der Waals surface area contributed by atoms with E-state index in [9.17, 15) is 4.39 Å². The molecule has 0 aliphatic carbocycles. The minimum atomic E-state index is -0.134. The molecule has 1 atom stereocenters. The first-order valence-corrected chi connectivity index (χ1v) is 7.57. The van der Waals surface area contributed by atoms with Crippen LogP contribution in [0.1, 0.15) is 25.0 Å². The molecule has 3 rings (SSSR count). The molecule has 0 radical (unpaired) electrons. The summed E-state index contributed by atoms with van der Waals surface area (Å²) < 4.78 is 14.3. The monoisotopic (exact) mass is 284 g/mol. The summed E-state index contributed by atoms with van der Waals surface area (Å²) in [4.78, 5) is 2.27. The van der Waals surface area contributed by atoms with Crippen LogP contribution in [0.5, 0.6) is 0 Å². The Kier molecular flexibility index (Phi) is 3.93. The topological polar surface area (TPSA) is 15.3 Å². The summed E-state index contributed by atoms with van der Waals surface area (Å²) in [5, 5.41) is 3.24. The largest absolute Gasteiger partial charge is 0.338 e. The molecule has 0 bridgehead atoms. The van der Waals surface area contributed by atoms with Crippen LogP contribution in [0.4, 0.5) is 15.8 Å². The van der Waals surface area contributed by atoms with Crippen LogP contribution in [0.25, 0.3) is 0 Å². The van der Waals surface area contributed by atoms with Crippen LogP contribution in [0.2, 0.25) is 0 Å². The zero-order valence-corrected chi connectivity index (χ0v) is 12.6. The maximum atomic E-state index is 14.3. The SMILES string of the molecule is CCNCc1c(F)cccc1N1c2ccccc2CC1C. The van der Waals surface area contributed by atoms with Gasteiger partial charge < -0.3 is 10.2 Å². The van der Waals surface area contributed by atoms with Gasteiger partial charge in [-0.25, -0.2) is 4.39 Å². The van der Waals surface area contributed by atoms with Crippen molar-refractivity contribution >= 4 is 11.4 Å². The summed E-state index contributed by atoms with van der Waals surface area (Å²) in [7, 11) is 0. The van der Waals surface area contributed by atoms with E-state index in [1.807, 2.05) is 19.1 Å². The van der Waals surface area contributed by atoms with E-state index in [0.717, 1.165) is 24.2 Å². The number of nitrogens with zero attached hydrogens (tertiary/aromatic N) is 1. The molecular weight excluding hydrogens is 263 g/mol. The molecule has 0 spiro atoms. The van der Waals surface area contributed by atoms with E-state index in [1.54, 1.807) is 12.1 Å². The summed E-state index contributed by atoms with van der Waals surface area (Å²) in [6.07, 6.45) is 1.01. The van der Waals surface area contributed by atoms with E-state index < -0.39 is 0 Å². The number of fused-ring (bicyclic) bond motifs is 1. The number of halogens is 1. The van der Waals surface area contributed by atoms with Gasteiger partial charge in [0.2, 0.25) is 0 Å². The van der Waals surface area contributed by atoms with E-state index >= 15 is 0 Å². The number of nitrogens with one attached hydrogen (secondary N) is 1. The molecule has 110 valence electrons. The fourth-order valence-corrected chi connectivity index (χ4v) is 3.13. The third-order valence-corrected chi connectivity index (χ3v) is 4.11. The zero-order valence-electron chi connectivity index (χ0n) is 12.6. The van der Waals surface area contributed by atoms with Crippen molar-refractivity contribution in [3.63, 3.8) is 0 Å². The Bertz CT molecular complexity index is 639. The van der Waals surface area contributed by atoms with Crippen molar-refractivity contribution in [3.05, 3.63) is 59.4 Å². The predicted octanol–water partition coefficient (Wildman–Crippen LogP) is 4.02. The maximum Gasteiger partial charge on any atom is 0.129 e. The number of para-hydroxylation sites is 1. The van der Waals surface area contributed by atoms with Crippen molar-refractivity contribution in [1.29, 1.82) is 0 Å². The van der Waals surface area contributed by atoms with Gasteiger partial charge in [-0.1, -0.05) is 31.2 Å². The Labute approximate surface area is 125 Å². The summed E-state index contributed by atoms with van der Waals surface area (Å²) in [6, 6.07) is 14.1. The van der Waals surface area contributed by atoms with Gasteiger partial charge in [-0.2, -0.15) is 0 Å². The van der Waals surface area contributed by atoms with Crippen molar-refractivity contribution in [2.45, 2.75) is 32.9 Å². The third kappa shape index (κ3) is 2.54. The van der Waals surface area contributed by atoms with Gasteiger partial charge in [0.25, 0.3) is 0 Å². The Morgan fingerprint density at radius 2 is 1.90 bits per heavy atom. The molecule has 1 unspecified atom stereocenters. The first-order chi connectivity index (χ1) is 10.2. The van der Waals surface area contributed by atoms with Gasteiger partial charge in [-0.3, -0.25) is 0 Å². The molecule has 1 aliphatic heterocycles. The lowest BCUT2D eigenvalue weighted by Crippen LogP contribution is -2.26. The van der Waals surface area contributed by atoms with E-state index in [2.05, 4.69) is 35.3 Å². The second kappa shape index (κ2) is 5.86.